The van der Waals surface area contributed by atoms with E-state index in [0.29, 0.717) is 17.4 Å². The Morgan fingerprint density at radius 3 is 1.23 bits per heavy atom. The normalized spacial score (nSPS) is 14.1. The Hall–Kier alpha value is -1.02. The lowest BCUT2D eigenvalue weighted by molar-refractivity contribution is -0.870. The summed E-state index contributed by atoms with van der Waals surface area (Å²) in [4.78, 5) is 25.4. The molecule has 0 aliphatic rings. The van der Waals surface area contributed by atoms with Crippen LogP contribution in [-0.2, 0) is 18.4 Å². The molecular weight excluding hydrogens is 840 g/mol. The molecular formula is C57H113N2O6P. The third kappa shape index (κ3) is 50.8. The van der Waals surface area contributed by atoms with Crippen molar-refractivity contribution in [3.8, 4) is 0 Å². The number of aliphatic hydroxyl groups excluding tert-OH is 1. The molecule has 8 nitrogen and oxygen atoms in total. The number of carbonyl (C=O) groups excluding carboxylic acids is 1. The van der Waals surface area contributed by atoms with Crippen LogP contribution in [-0.4, -0.2) is 68.5 Å². The number of unbranched alkanes of at least 4 members (excludes halogenated alkanes) is 38. The SMILES string of the molecule is CCCCCCCCCC/C=C/CC/C=C/C(O)C(COP(=O)([O-])OCC[N+](C)(C)C)NC(=O)CCCCCCCCCCCCCCCCCCCCCCCCCCCCCCCC. The fraction of sp³-hybridized carbons (Fsp3) is 0.912. The Morgan fingerprint density at radius 2 is 0.848 bits per heavy atom. The molecule has 66 heavy (non-hydrogen) atoms. The Balaban J connectivity index is 4.05. The van der Waals surface area contributed by atoms with Crippen molar-refractivity contribution in [1.82, 2.24) is 5.32 Å². The van der Waals surface area contributed by atoms with Gasteiger partial charge in [0.05, 0.1) is 39.9 Å². The molecule has 0 aromatic heterocycles. The molecule has 3 atom stereocenters. The summed E-state index contributed by atoms with van der Waals surface area (Å²) < 4.78 is 23.3. The zero-order valence-electron chi connectivity index (χ0n) is 44.7. The Bertz CT molecular complexity index is 1130. The smallest absolute Gasteiger partial charge is 0.268 e. The number of nitrogens with zero attached hydrogens (tertiary/aromatic N) is 1. The van der Waals surface area contributed by atoms with Gasteiger partial charge in [-0.15, -0.1) is 0 Å². The van der Waals surface area contributed by atoms with Gasteiger partial charge in [-0.1, -0.05) is 269 Å². The molecule has 0 aliphatic heterocycles. The summed E-state index contributed by atoms with van der Waals surface area (Å²) in [5, 5.41) is 13.8. The Morgan fingerprint density at radius 1 is 0.515 bits per heavy atom. The van der Waals surface area contributed by atoms with Gasteiger partial charge >= 0.3 is 0 Å². The van der Waals surface area contributed by atoms with Gasteiger partial charge in [0.2, 0.25) is 5.91 Å². The average Bonchev–Trinajstić information content (AvgIpc) is 3.28. The molecule has 0 fully saturated rings. The molecule has 0 heterocycles. The second kappa shape index (κ2) is 49.0. The number of likely N-dealkylation sites (N-methyl/N-ethyl adjacent to an activating group) is 1. The lowest BCUT2D eigenvalue weighted by Crippen LogP contribution is -2.45. The maximum absolute atomic E-state index is 12.9. The summed E-state index contributed by atoms with van der Waals surface area (Å²) in [6.07, 6.45) is 61.3. The summed E-state index contributed by atoms with van der Waals surface area (Å²) in [5.41, 5.74) is 0. The molecule has 0 radical (unpaired) electrons. The van der Waals surface area contributed by atoms with Crippen LogP contribution in [0.4, 0.5) is 0 Å². The molecule has 0 spiro atoms. The lowest BCUT2D eigenvalue weighted by atomic mass is 10.0. The zero-order valence-corrected chi connectivity index (χ0v) is 45.6. The first-order valence-electron chi connectivity index (χ1n) is 28.7. The number of hydrogen-bond donors (Lipinski definition) is 2. The first-order valence-corrected chi connectivity index (χ1v) is 30.2. The van der Waals surface area contributed by atoms with Crippen LogP contribution < -0.4 is 10.2 Å². The first-order chi connectivity index (χ1) is 32.0. The molecule has 0 aromatic rings. The summed E-state index contributed by atoms with van der Waals surface area (Å²) in [6, 6.07) is -0.899. The molecule has 0 aliphatic carbocycles. The number of hydrogen-bond acceptors (Lipinski definition) is 6. The number of nitrogens with one attached hydrogen (secondary N) is 1. The second-order valence-corrected chi connectivity index (χ2v) is 22.4. The minimum atomic E-state index is -4.60. The van der Waals surface area contributed by atoms with Gasteiger partial charge in [0.25, 0.3) is 7.82 Å². The summed E-state index contributed by atoms with van der Waals surface area (Å²) in [5.74, 6) is -0.202. The number of rotatable bonds is 53. The maximum Gasteiger partial charge on any atom is 0.268 e. The number of aliphatic hydroxyl groups is 1. The van der Waals surface area contributed by atoms with Gasteiger partial charge in [0.1, 0.15) is 13.2 Å². The maximum atomic E-state index is 12.9. The fourth-order valence-corrected chi connectivity index (χ4v) is 9.37. The zero-order chi connectivity index (χ0) is 48.5. The number of allylic oxidation sites excluding steroid dienone is 3. The van der Waals surface area contributed by atoms with Gasteiger partial charge in [0.15, 0.2) is 0 Å². The standard InChI is InChI=1S/C57H113N2O6P/c1-6-8-10-12-14-16-18-20-22-23-24-25-26-27-28-29-30-31-32-33-34-35-36-37-39-41-43-45-47-49-51-57(61)58-55(54-65-66(62,63)64-53-52-59(3,4)5)56(60)50-48-46-44-42-40-38-21-19-17-15-13-11-9-7-2/h40,42,48,50,55-56,60H,6-39,41,43-47,49,51-54H2,1-5H3,(H-,58,61,62,63)/b42-40+,50-48+. The van der Waals surface area contributed by atoms with Gasteiger partial charge in [-0.2, -0.15) is 0 Å². The van der Waals surface area contributed by atoms with Gasteiger partial charge in [-0.3, -0.25) is 9.36 Å². The number of phosphoric acid groups is 1. The third-order valence-corrected chi connectivity index (χ3v) is 14.1. The van der Waals surface area contributed by atoms with E-state index in [-0.39, 0.29) is 19.1 Å². The fourth-order valence-electron chi connectivity index (χ4n) is 8.64. The van der Waals surface area contributed by atoms with Crippen molar-refractivity contribution in [3.05, 3.63) is 24.3 Å². The van der Waals surface area contributed by atoms with E-state index in [1.807, 2.05) is 27.2 Å². The topological polar surface area (TPSA) is 108 Å². The minimum Gasteiger partial charge on any atom is -0.756 e. The van der Waals surface area contributed by atoms with E-state index in [0.717, 1.165) is 38.5 Å². The molecule has 0 bridgehead atoms. The van der Waals surface area contributed by atoms with E-state index in [1.165, 1.54) is 225 Å². The molecule has 9 heteroatoms. The van der Waals surface area contributed by atoms with Crippen molar-refractivity contribution in [2.45, 2.75) is 296 Å². The third-order valence-electron chi connectivity index (χ3n) is 13.2. The molecule has 0 saturated carbocycles. The number of carbonyl (C=O) groups is 1. The highest BCUT2D eigenvalue weighted by Gasteiger charge is 2.23. The van der Waals surface area contributed by atoms with Crippen LogP contribution in [0.1, 0.15) is 284 Å². The van der Waals surface area contributed by atoms with Crippen molar-refractivity contribution in [2.24, 2.45) is 0 Å². The van der Waals surface area contributed by atoms with Crippen LogP contribution in [0.25, 0.3) is 0 Å². The largest absolute Gasteiger partial charge is 0.756 e. The monoisotopic (exact) mass is 953 g/mol. The molecule has 3 unspecified atom stereocenters. The molecule has 1 amide bonds. The van der Waals surface area contributed by atoms with Crippen LogP contribution in [0, 0.1) is 0 Å². The predicted octanol–water partition coefficient (Wildman–Crippen LogP) is 16.6. The minimum absolute atomic E-state index is 0.00396. The Kier molecular flexibility index (Phi) is 48.2. The molecule has 0 aromatic carbocycles. The van der Waals surface area contributed by atoms with Crippen molar-refractivity contribution in [2.75, 3.05) is 40.9 Å². The summed E-state index contributed by atoms with van der Waals surface area (Å²) >= 11 is 0. The molecule has 0 rings (SSSR count). The highest BCUT2D eigenvalue weighted by molar-refractivity contribution is 7.45. The van der Waals surface area contributed by atoms with E-state index < -0.39 is 20.0 Å². The quantitative estimate of drug-likeness (QED) is 0.0272. The average molecular weight is 954 g/mol. The van der Waals surface area contributed by atoms with Crippen molar-refractivity contribution < 1.29 is 32.9 Å². The number of amides is 1. The van der Waals surface area contributed by atoms with Gasteiger partial charge in [0, 0.05) is 6.42 Å². The van der Waals surface area contributed by atoms with Crippen LogP contribution in [0.15, 0.2) is 24.3 Å². The Labute approximate surface area is 411 Å². The van der Waals surface area contributed by atoms with Crippen molar-refractivity contribution >= 4 is 13.7 Å². The van der Waals surface area contributed by atoms with E-state index in [4.69, 9.17) is 9.05 Å². The van der Waals surface area contributed by atoms with E-state index in [1.54, 1.807) is 6.08 Å². The highest BCUT2D eigenvalue weighted by Crippen LogP contribution is 2.38. The summed E-state index contributed by atoms with van der Waals surface area (Å²) in [7, 11) is 1.26. The second-order valence-electron chi connectivity index (χ2n) is 21.0. The number of quaternary nitrogens is 1. The van der Waals surface area contributed by atoms with Gasteiger partial charge in [-0.25, -0.2) is 0 Å². The molecule has 0 saturated heterocycles. The molecule has 392 valence electrons. The van der Waals surface area contributed by atoms with E-state index in [2.05, 4.69) is 31.3 Å². The number of phosphoric ester groups is 1. The van der Waals surface area contributed by atoms with Crippen LogP contribution in [0.5, 0.6) is 0 Å². The van der Waals surface area contributed by atoms with Crippen LogP contribution in [0.2, 0.25) is 0 Å². The van der Waals surface area contributed by atoms with Crippen LogP contribution >= 0.6 is 7.82 Å². The summed E-state index contributed by atoms with van der Waals surface area (Å²) in [6.45, 7) is 4.65. The lowest BCUT2D eigenvalue weighted by Gasteiger charge is -2.29. The van der Waals surface area contributed by atoms with E-state index >= 15 is 0 Å². The van der Waals surface area contributed by atoms with Crippen molar-refractivity contribution in [3.63, 3.8) is 0 Å². The van der Waals surface area contributed by atoms with Crippen molar-refractivity contribution in [1.29, 1.82) is 0 Å². The van der Waals surface area contributed by atoms with Crippen LogP contribution in [0.3, 0.4) is 0 Å². The van der Waals surface area contributed by atoms with E-state index in [9.17, 15) is 19.4 Å². The van der Waals surface area contributed by atoms with Gasteiger partial charge < -0.3 is 28.8 Å². The predicted molar refractivity (Wildman–Crippen MR) is 284 cm³/mol. The molecule has 2 N–H and O–H groups in total. The van der Waals surface area contributed by atoms with Gasteiger partial charge in [-0.05, 0) is 32.1 Å². The highest BCUT2D eigenvalue weighted by atomic mass is 31.2. The first kappa shape index (κ1) is 65.0.